The molecule has 0 saturated carbocycles. The van der Waals surface area contributed by atoms with E-state index in [1.165, 1.54) is 8.61 Å². The van der Waals surface area contributed by atoms with Crippen LogP contribution >= 0.6 is 0 Å². The van der Waals surface area contributed by atoms with Crippen LogP contribution in [-0.2, 0) is 23.2 Å². The van der Waals surface area contributed by atoms with Crippen molar-refractivity contribution in [1.29, 1.82) is 0 Å². The maximum absolute atomic E-state index is 12.2. The van der Waals surface area contributed by atoms with Gasteiger partial charge >= 0.3 is 0 Å². The first-order valence-corrected chi connectivity index (χ1v) is 7.79. The second-order valence-corrected chi connectivity index (χ2v) is 7.16. The number of hydrogen-bond donors (Lipinski definition) is 0. The van der Waals surface area contributed by atoms with Gasteiger partial charge < -0.3 is 0 Å². The minimum absolute atomic E-state index is 0.369. The molecule has 0 bridgehead atoms. The Kier molecular flexibility index (Phi) is 3.19. The van der Waals surface area contributed by atoms with Crippen LogP contribution in [0.2, 0.25) is 0 Å². The Morgan fingerprint density at radius 3 is 2.90 bits per heavy atom. The summed E-state index contributed by atoms with van der Waals surface area (Å²) in [5.74, 6) is 0. The number of pyridine rings is 2. The van der Waals surface area contributed by atoms with E-state index in [1.54, 1.807) is 20.3 Å². The van der Waals surface area contributed by atoms with Crippen LogP contribution < -0.4 is 0 Å². The third-order valence-corrected chi connectivity index (χ3v) is 5.38. The minimum atomic E-state index is -3.37. The zero-order chi connectivity index (χ0) is 14.3. The zero-order valence-corrected chi connectivity index (χ0v) is 12.3. The van der Waals surface area contributed by atoms with Crippen LogP contribution in [0, 0.1) is 0 Å². The van der Waals surface area contributed by atoms with Crippen LogP contribution in [0.25, 0.3) is 11.0 Å². The van der Waals surface area contributed by atoms with Crippen molar-refractivity contribution in [2.24, 2.45) is 0 Å². The maximum Gasteiger partial charge on any atom is 0.281 e. The quantitative estimate of drug-likeness (QED) is 0.821. The largest absolute Gasteiger partial charge is 0.281 e. The molecule has 106 valence electrons. The summed E-state index contributed by atoms with van der Waals surface area (Å²) in [6.45, 7) is 0.826. The first-order chi connectivity index (χ1) is 9.48. The Hall–Kier alpha value is -1.57. The molecule has 0 atom stereocenters. The van der Waals surface area contributed by atoms with E-state index in [-0.39, 0.29) is 0 Å². The first kappa shape index (κ1) is 13.4. The van der Waals surface area contributed by atoms with Crippen LogP contribution in [0.3, 0.4) is 0 Å². The van der Waals surface area contributed by atoms with Gasteiger partial charge in [-0.05, 0) is 23.8 Å². The third-order valence-electron chi connectivity index (χ3n) is 3.49. The van der Waals surface area contributed by atoms with Gasteiger partial charge in [-0.3, -0.25) is 0 Å². The fourth-order valence-corrected chi connectivity index (χ4v) is 3.45. The van der Waals surface area contributed by atoms with E-state index in [4.69, 9.17) is 0 Å². The summed E-state index contributed by atoms with van der Waals surface area (Å²) in [4.78, 5) is 8.77. The highest BCUT2D eigenvalue weighted by Crippen LogP contribution is 2.23. The molecular weight excluding hydrogens is 276 g/mol. The van der Waals surface area contributed by atoms with Crippen LogP contribution in [0.15, 0.2) is 24.4 Å². The molecule has 0 fully saturated rings. The van der Waals surface area contributed by atoms with Crippen molar-refractivity contribution < 1.29 is 8.42 Å². The lowest BCUT2D eigenvalue weighted by Crippen LogP contribution is -2.42. The Labute approximate surface area is 118 Å². The Balaban J connectivity index is 2.01. The molecule has 6 nitrogen and oxygen atoms in total. The zero-order valence-electron chi connectivity index (χ0n) is 11.4. The number of fused-ring (bicyclic) bond motifs is 2. The predicted octanol–water partition coefficient (Wildman–Crippen LogP) is 0.794. The first-order valence-electron chi connectivity index (χ1n) is 6.39. The van der Waals surface area contributed by atoms with Crippen molar-refractivity contribution >= 4 is 21.2 Å². The molecule has 0 saturated heterocycles. The molecule has 1 aliphatic heterocycles. The van der Waals surface area contributed by atoms with Gasteiger partial charge in [-0.25, -0.2) is 9.97 Å². The summed E-state index contributed by atoms with van der Waals surface area (Å²) < 4.78 is 27.1. The van der Waals surface area contributed by atoms with Gasteiger partial charge in [0.25, 0.3) is 10.2 Å². The molecule has 1 aliphatic rings. The number of nitrogens with zero attached hydrogens (tertiary/aromatic N) is 4. The topological polar surface area (TPSA) is 66.4 Å². The monoisotopic (exact) mass is 292 g/mol. The maximum atomic E-state index is 12.2. The fraction of sp³-hybridized carbons (Fsp3) is 0.385. The lowest BCUT2D eigenvalue weighted by molar-refractivity contribution is 0.356. The van der Waals surface area contributed by atoms with E-state index in [1.807, 2.05) is 18.2 Å². The van der Waals surface area contributed by atoms with E-state index in [0.29, 0.717) is 19.5 Å². The van der Waals surface area contributed by atoms with E-state index in [0.717, 1.165) is 22.3 Å². The van der Waals surface area contributed by atoms with Gasteiger partial charge in [0.15, 0.2) is 5.65 Å². The molecule has 3 heterocycles. The van der Waals surface area contributed by atoms with Crippen LogP contribution in [0.5, 0.6) is 0 Å². The van der Waals surface area contributed by atoms with Gasteiger partial charge in [0.05, 0.1) is 0 Å². The second kappa shape index (κ2) is 4.76. The van der Waals surface area contributed by atoms with Crippen LogP contribution in [0.4, 0.5) is 0 Å². The standard InChI is InChI=1S/C13H16N4O2S/c1-16(2)20(18,19)17-7-5-12-11(9-17)8-10-4-3-6-14-13(10)15-12/h3-4,6,8H,5,7,9H2,1-2H3. The van der Waals surface area contributed by atoms with Crippen molar-refractivity contribution in [1.82, 2.24) is 18.6 Å². The van der Waals surface area contributed by atoms with Gasteiger partial charge in [0.2, 0.25) is 0 Å². The predicted molar refractivity (Wildman–Crippen MR) is 76.3 cm³/mol. The van der Waals surface area contributed by atoms with Gasteiger partial charge in [-0.1, -0.05) is 0 Å². The Morgan fingerprint density at radius 2 is 2.15 bits per heavy atom. The Morgan fingerprint density at radius 1 is 1.35 bits per heavy atom. The summed E-state index contributed by atoms with van der Waals surface area (Å²) in [6.07, 6.45) is 2.34. The van der Waals surface area contributed by atoms with Crippen molar-refractivity contribution in [3.8, 4) is 0 Å². The van der Waals surface area contributed by atoms with E-state index >= 15 is 0 Å². The van der Waals surface area contributed by atoms with Crippen molar-refractivity contribution in [2.45, 2.75) is 13.0 Å². The molecule has 7 heteroatoms. The SMILES string of the molecule is CN(C)S(=O)(=O)N1CCc2nc3ncccc3cc2C1. The second-order valence-electron chi connectivity index (χ2n) is 5.02. The average Bonchev–Trinajstić information content (AvgIpc) is 2.44. The highest BCUT2D eigenvalue weighted by molar-refractivity contribution is 7.86. The molecule has 0 aliphatic carbocycles. The lowest BCUT2D eigenvalue weighted by Gasteiger charge is -2.29. The van der Waals surface area contributed by atoms with E-state index in [9.17, 15) is 8.42 Å². The summed E-state index contributed by atoms with van der Waals surface area (Å²) in [7, 11) is -0.275. The molecule has 20 heavy (non-hydrogen) atoms. The van der Waals surface area contributed by atoms with Crippen LogP contribution in [0.1, 0.15) is 11.3 Å². The van der Waals surface area contributed by atoms with Crippen molar-refractivity contribution in [3.63, 3.8) is 0 Å². The molecule has 0 aromatic carbocycles. The molecule has 0 N–H and O–H groups in total. The lowest BCUT2D eigenvalue weighted by atomic mass is 10.1. The summed E-state index contributed by atoms with van der Waals surface area (Å²) in [5, 5.41) is 0.940. The van der Waals surface area contributed by atoms with Gasteiger partial charge in [-0.2, -0.15) is 17.0 Å². The number of rotatable bonds is 2. The highest BCUT2D eigenvalue weighted by atomic mass is 32.2. The molecule has 0 unspecified atom stereocenters. The molecule has 0 spiro atoms. The van der Waals surface area contributed by atoms with E-state index < -0.39 is 10.2 Å². The summed E-state index contributed by atoms with van der Waals surface area (Å²) in [6, 6.07) is 5.78. The van der Waals surface area contributed by atoms with Gasteiger partial charge in [0.1, 0.15) is 0 Å². The molecule has 0 amide bonds. The minimum Gasteiger partial charge on any atom is -0.237 e. The van der Waals surface area contributed by atoms with Gasteiger partial charge in [0, 0.05) is 50.9 Å². The fourth-order valence-electron chi connectivity index (χ4n) is 2.37. The molecule has 3 rings (SSSR count). The molecule has 2 aromatic rings. The average molecular weight is 292 g/mol. The summed E-state index contributed by atoms with van der Waals surface area (Å²) in [5.41, 5.74) is 2.62. The smallest absolute Gasteiger partial charge is 0.237 e. The van der Waals surface area contributed by atoms with Crippen molar-refractivity contribution in [2.75, 3.05) is 20.6 Å². The van der Waals surface area contributed by atoms with Crippen LogP contribution in [-0.4, -0.2) is 47.6 Å². The molecule has 0 radical (unpaired) electrons. The molecule has 2 aromatic heterocycles. The highest BCUT2D eigenvalue weighted by Gasteiger charge is 2.29. The summed E-state index contributed by atoms with van der Waals surface area (Å²) >= 11 is 0. The normalized spacial score (nSPS) is 16.6. The van der Waals surface area contributed by atoms with Gasteiger partial charge in [-0.15, -0.1) is 0 Å². The number of hydrogen-bond acceptors (Lipinski definition) is 4. The molecular formula is C13H16N4O2S. The van der Waals surface area contributed by atoms with Crippen molar-refractivity contribution in [3.05, 3.63) is 35.7 Å². The number of aromatic nitrogens is 2. The Bertz CT molecular complexity index is 758. The van der Waals surface area contributed by atoms with E-state index in [2.05, 4.69) is 9.97 Å². The third kappa shape index (κ3) is 2.17.